The number of nitrogens with zero attached hydrogens (tertiary/aromatic N) is 1. The lowest BCUT2D eigenvalue weighted by Gasteiger charge is -2.34. The molecule has 19 heavy (non-hydrogen) atoms. The normalized spacial score (nSPS) is 12.3. The lowest BCUT2D eigenvalue weighted by atomic mass is 9.81. The van der Waals surface area contributed by atoms with Gasteiger partial charge in [0.25, 0.3) is 5.69 Å². The molecule has 0 heterocycles. The van der Waals surface area contributed by atoms with Crippen molar-refractivity contribution in [2.45, 2.75) is 46.6 Å². The number of nitro groups is 1. The van der Waals surface area contributed by atoms with E-state index in [0.717, 1.165) is 12.1 Å². The van der Waals surface area contributed by atoms with Gasteiger partial charge in [-0.1, -0.05) is 20.8 Å². The van der Waals surface area contributed by atoms with Crippen LogP contribution in [-0.4, -0.2) is 10.5 Å². The molecule has 0 bridgehead atoms. The summed E-state index contributed by atoms with van der Waals surface area (Å²) in [4.78, 5) is 10.4. The van der Waals surface area contributed by atoms with Gasteiger partial charge in [-0.3, -0.25) is 10.1 Å². The van der Waals surface area contributed by atoms with Gasteiger partial charge in [0, 0.05) is 17.3 Å². The largest absolute Gasteiger partial charge is 0.380 e. The fourth-order valence-electron chi connectivity index (χ4n) is 2.49. The molecule has 0 unspecified atom stereocenters. The van der Waals surface area contributed by atoms with E-state index in [-0.39, 0.29) is 16.6 Å². The standard InChI is InChI=1S/C14H21BrN2O2/c1-13(2,3)9-14(4,5)16-10-6-7-12(17(18)19)11(15)8-10/h6-8,16H,9H2,1-5H3. The Hall–Kier alpha value is -1.10. The first-order chi connectivity index (χ1) is 8.50. The van der Waals surface area contributed by atoms with Gasteiger partial charge in [0.05, 0.1) is 9.40 Å². The van der Waals surface area contributed by atoms with Gasteiger partial charge in [0.1, 0.15) is 0 Å². The summed E-state index contributed by atoms with van der Waals surface area (Å²) in [5, 5.41) is 14.2. The summed E-state index contributed by atoms with van der Waals surface area (Å²) < 4.78 is 0.494. The molecule has 0 amide bonds. The third kappa shape index (κ3) is 5.19. The molecule has 1 rings (SSSR count). The van der Waals surface area contributed by atoms with Crippen molar-refractivity contribution in [3.63, 3.8) is 0 Å². The minimum absolute atomic E-state index is 0.0756. The summed E-state index contributed by atoms with van der Waals surface area (Å²) in [5.41, 5.74) is 1.11. The van der Waals surface area contributed by atoms with Crippen LogP contribution < -0.4 is 5.32 Å². The molecule has 0 fully saturated rings. The van der Waals surface area contributed by atoms with Crippen LogP contribution in [0.15, 0.2) is 22.7 Å². The fourth-order valence-corrected chi connectivity index (χ4v) is 3.02. The number of halogens is 1. The quantitative estimate of drug-likeness (QED) is 0.626. The molecule has 5 heteroatoms. The maximum Gasteiger partial charge on any atom is 0.283 e. The predicted octanol–water partition coefficient (Wildman–Crippen LogP) is 4.98. The van der Waals surface area contributed by atoms with Gasteiger partial charge in [0.2, 0.25) is 0 Å². The number of anilines is 1. The highest BCUT2D eigenvalue weighted by Crippen LogP contribution is 2.32. The molecule has 1 N–H and O–H groups in total. The first-order valence-corrected chi connectivity index (χ1v) is 7.02. The number of nitrogens with one attached hydrogen (secondary N) is 1. The zero-order valence-corrected chi connectivity index (χ0v) is 13.7. The fraction of sp³-hybridized carbons (Fsp3) is 0.571. The van der Waals surface area contributed by atoms with Crippen molar-refractivity contribution in [1.82, 2.24) is 0 Å². The van der Waals surface area contributed by atoms with E-state index in [9.17, 15) is 10.1 Å². The van der Waals surface area contributed by atoms with Gasteiger partial charge in [-0.25, -0.2) is 0 Å². The molecule has 4 nitrogen and oxygen atoms in total. The second kappa shape index (κ2) is 5.49. The van der Waals surface area contributed by atoms with Crippen molar-refractivity contribution in [3.8, 4) is 0 Å². The summed E-state index contributed by atoms with van der Waals surface area (Å²) in [6.07, 6.45) is 0.995. The Morgan fingerprint density at radius 1 is 1.26 bits per heavy atom. The Kier molecular flexibility index (Phi) is 4.61. The summed E-state index contributed by atoms with van der Waals surface area (Å²) >= 11 is 3.23. The molecule has 0 aliphatic rings. The number of nitro benzene ring substituents is 1. The monoisotopic (exact) mass is 328 g/mol. The van der Waals surface area contributed by atoms with Crippen molar-refractivity contribution < 1.29 is 4.92 Å². The van der Waals surface area contributed by atoms with E-state index in [1.54, 1.807) is 12.1 Å². The van der Waals surface area contributed by atoms with Crippen LogP contribution in [0.3, 0.4) is 0 Å². The van der Waals surface area contributed by atoms with Crippen molar-refractivity contribution in [3.05, 3.63) is 32.8 Å². The van der Waals surface area contributed by atoms with Crippen LogP contribution in [0.25, 0.3) is 0 Å². The molecule has 0 atom stereocenters. The Morgan fingerprint density at radius 2 is 1.84 bits per heavy atom. The molecule has 0 saturated heterocycles. The lowest BCUT2D eigenvalue weighted by molar-refractivity contribution is -0.385. The minimum Gasteiger partial charge on any atom is -0.380 e. The van der Waals surface area contributed by atoms with Crippen LogP contribution in [0.5, 0.6) is 0 Å². The average Bonchev–Trinajstić information content (AvgIpc) is 2.11. The third-order valence-corrected chi connectivity index (χ3v) is 3.23. The highest BCUT2D eigenvalue weighted by atomic mass is 79.9. The highest BCUT2D eigenvalue weighted by Gasteiger charge is 2.25. The topological polar surface area (TPSA) is 55.2 Å². The van der Waals surface area contributed by atoms with Gasteiger partial charge < -0.3 is 5.32 Å². The van der Waals surface area contributed by atoms with E-state index < -0.39 is 4.92 Å². The number of hydrogen-bond donors (Lipinski definition) is 1. The van der Waals surface area contributed by atoms with Gasteiger partial charge >= 0.3 is 0 Å². The summed E-state index contributed by atoms with van der Waals surface area (Å²) in [6, 6.07) is 5.01. The van der Waals surface area contributed by atoms with Crippen LogP contribution in [0.2, 0.25) is 0 Å². The molecular formula is C14H21BrN2O2. The number of hydrogen-bond acceptors (Lipinski definition) is 3. The molecule has 1 aromatic rings. The number of rotatable bonds is 4. The van der Waals surface area contributed by atoms with Crippen molar-refractivity contribution in [2.75, 3.05) is 5.32 Å². The molecule has 1 aromatic carbocycles. The lowest BCUT2D eigenvalue weighted by Crippen LogP contribution is -2.35. The highest BCUT2D eigenvalue weighted by molar-refractivity contribution is 9.10. The first kappa shape index (κ1) is 16.0. The van der Waals surface area contributed by atoms with Crippen molar-refractivity contribution in [2.24, 2.45) is 5.41 Å². The molecule has 0 aromatic heterocycles. The second-order valence-electron chi connectivity index (χ2n) is 6.67. The van der Waals surface area contributed by atoms with Gasteiger partial charge in [-0.2, -0.15) is 0 Å². The molecule has 0 spiro atoms. The minimum atomic E-state index is -0.395. The molecule has 0 saturated carbocycles. The van der Waals surface area contributed by atoms with Gasteiger partial charge in [0.15, 0.2) is 0 Å². The number of benzene rings is 1. The third-order valence-electron chi connectivity index (χ3n) is 2.60. The van der Waals surface area contributed by atoms with Gasteiger partial charge in [-0.15, -0.1) is 0 Å². The van der Waals surface area contributed by atoms with E-state index in [2.05, 4.69) is 55.9 Å². The first-order valence-electron chi connectivity index (χ1n) is 6.22. The smallest absolute Gasteiger partial charge is 0.283 e. The molecule has 0 aliphatic heterocycles. The van der Waals surface area contributed by atoms with E-state index in [4.69, 9.17) is 0 Å². The van der Waals surface area contributed by atoms with Crippen LogP contribution in [0.4, 0.5) is 11.4 Å². The van der Waals surface area contributed by atoms with E-state index in [1.807, 2.05) is 0 Å². The van der Waals surface area contributed by atoms with E-state index >= 15 is 0 Å². The second-order valence-corrected chi connectivity index (χ2v) is 7.52. The van der Waals surface area contributed by atoms with Crippen LogP contribution >= 0.6 is 15.9 Å². The zero-order valence-electron chi connectivity index (χ0n) is 12.1. The Morgan fingerprint density at radius 3 is 2.26 bits per heavy atom. The van der Waals surface area contributed by atoms with Crippen LogP contribution in [0, 0.1) is 15.5 Å². The summed E-state index contributed by atoms with van der Waals surface area (Å²) in [6.45, 7) is 10.9. The Labute approximate surface area is 122 Å². The molecular weight excluding hydrogens is 308 g/mol. The Bertz CT molecular complexity index is 479. The SMILES string of the molecule is CC(C)(C)CC(C)(C)Nc1ccc([N+](=O)[O-])c(Br)c1. The van der Waals surface area contributed by atoms with Crippen molar-refractivity contribution in [1.29, 1.82) is 0 Å². The zero-order chi connectivity index (χ0) is 14.8. The van der Waals surface area contributed by atoms with Gasteiger partial charge in [-0.05, 0) is 53.7 Å². The summed E-state index contributed by atoms with van der Waals surface area (Å²) in [5.74, 6) is 0. The van der Waals surface area contributed by atoms with E-state index in [1.165, 1.54) is 6.07 Å². The summed E-state index contributed by atoms with van der Waals surface area (Å²) in [7, 11) is 0. The molecule has 106 valence electrons. The maximum absolute atomic E-state index is 10.8. The van der Waals surface area contributed by atoms with Crippen molar-refractivity contribution >= 4 is 27.3 Å². The average molecular weight is 329 g/mol. The van der Waals surface area contributed by atoms with E-state index in [0.29, 0.717) is 4.47 Å². The van der Waals surface area contributed by atoms with Crippen LogP contribution in [-0.2, 0) is 0 Å². The predicted molar refractivity (Wildman–Crippen MR) is 82.6 cm³/mol. The molecule has 0 radical (unpaired) electrons. The maximum atomic E-state index is 10.8. The molecule has 0 aliphatic carbocycles. The van der Waals surface area contributed by atoms with Crippen LogP contribution in [0.1, 0.15) is 41.0 Å². The Balaban J connectivity index is 2.88.